The highest BCUT2D eigenvalue weighted by atomic mass is 32.2. The molecule has 0 aliphatic rings. The number of hydrogen-bond donors (Lipinski definition) is 1. The Bertz CT molecular complexity index is 902. The van der Waals surface area contributed by atoms with Gasteiger partial charge in [-0.25, -0.2) is 0 Å². The van der Waals surface area contributed by atoms with Crippen LogP contribution in [0.4, 0.5) is 5.69 Å². The minimum atomic E-state index is -0.106. The van der Waals surface area contributed by atoms with Crippen LogP contribution < -0.4 is 5.32 Å². The highest BCUT2D eigenvalue weighted by molar-refractivity contribution is 7.98. The summed E-state index contributed by atoms with van der Waals surface area (Å²) < 4.78 is 5.22. The number of carbonyl (C=O) groups excluding carboxylic acids is 1. The van der Waals surface area contributed by atoms with Gasteiger partial charge in [0.1, 0.15) is 5.76 Å². The van der Waals surface area contributed by atoms with E-state index < -0.39 is 0 Å². The van der Waals surface area contributed by atoms with Crippen LogP contribution >= 0.6 is 23.5 Å². The molecule has 0 aliphatic carbocycles. The number of carbonyl (C=O) groups is 1. The summed E-state index contributed by atoms with van der Waals surface area (Å²) in [6.45, 7) is 3.84. The van der Waals surface area contributed by atoms with Crippen LogP contribution in [0.25, 0.3) is 0 Å². The van der Waals surface area contributed by atoms with E-state index in [9.17, 15) is 4.79 Å². The van der Waals surface area contributed by atoms with Crippen molar-refractivity contribution < 1.29 is 9.32 Å². The van der Waals surface area contributed by atoms with Gasteiger partial charge in [-0.3, -0.25) is 4.79 Å². The van der Waals surface area contributed by atoms with Gasteiger partial charge in [0, 0.05) is 26.8 Å². The van der Waals surface area contributed by atoms with Crippen LogP contribution in [-0.2, 0) is 5.75 Å². The number of hydrogen-bond acceptors (Lipinski definition) is 5. The number of aromatic nitrogens is 1. The van der Waals surface area contributed by atoms with Gasteiger partial charge in [0.25, 0.3) is 5.91 Å². The van der Waals surface area contributed by atoms with Crippen LogP contribution in [0.15, 0.2) is 62.8 Å². The molecule has 1 amide bonds. The van der Waals surface area contributed by atoms with Gasteiger partial charge in [-0.05, 0) is 50.4 Å². The summed E-state index contributed by atoms with van der Waals surface area (Å²) in [5.41, 5.74) is 3.44. The molecule has 3 rings (SSSR count). The number of amides is 1. The first-order chi connectivity index (χ1) is 12.6. The summed E-state index contributed by atoms with van der Waals surface area (Å²) in [6, 6.07) is 15.5. The molecular formula is C20H20N2O2S2. The third kappa shape index (κ3) is 4.31. The number of benzene rings is 2. The van der Waals surface area contributed by atoms with Crippen molar-refractivity contribution in [3.05, 3.63) is 71.1 Å². The zero-order valence-electron chi connectivity index (χ0n) is 14.9. The lowest BCUT2D eigenvalue weighted by Gasteiger charge is -2.10. The van der Waals surface area contributed by atoms with Crippen LogP contribution in [0, 0.1) is 13.8 Å². The molecule has 0 aliphatic heterocycles. The topological polar surface area (TPSA) is 55.1 Å². The molecule has 0 radical (unpaired) electrons. The zero-order valence-corrected chi connectivity index (χ0v) is 16.5. The van der Waals surface area contributed by atoms with Crippen molar-refractivity contribution in [3.63, 3.8) is 0 Å². The van der Waals surface area contributed by atoms with Crippen molar-refractivity contribution in [1.29, 1.82) is 0 Å². The van der Waals surface area contributed by atoms with E-state index in [4.69, 9.17) is 4.52 Å². The summed E-state index contributed by atoms with van der Waals surface area (Å²) in [5, 5.41) is 6.98. The maximum atomic E-state index is 12.8. The molecule has 26 heavy (non-hydrogen) atoms. The van der Waals surface area contributed by atoms with Crippen molar-refractivity contribution >= 4 is 35.1 Å². The summed E-state index contributed by atoms with van der Waals surface area (Å²) >= 11 is 3.26. The third-order valence-corrected chi connectivity index (χ3v) is 5.84. The molecule has 2 aromatic carbocycles. The highest BCUT2D eigenvalue weighted by Gasteiger charge is 2.14. The SMILES string of the molecule is CSc1cccc(NC(=O)c2ccccc2SCc2c(C)noc2C)c1. The van der Waals surface area contributed by atoms with Crippen molar-refractivity contribution in [2.24, 2.45) is 0 Å². The van der Waals surface area contributed by atoms with Crippen molar-refractivity contribution in [1.82, 2.24) is 5.16 Å². The Labute approximate surface area is 161 Å². The molecule has 0 unspecified atom stereocenters. The molecule has 0 bridgehead atoms. The number of rotatable bonds is 6. The van der Waals surface area contributed by atoms with E-state index in [-0.39, 0.29) is 5.91 Å². The van der Waals surface area contributed by atoms with Gasteiger partial charge in [-0.1, -0.05) is 23.4 Å². The van der Waals surface area contributed by atoms with Crippen LogP contribution in [0.2, 0.25) is 0 Å². The second-order valence-corrected chi connectivity index (χ2v) is 7.67. The first-order valence-electron chi connectivity index (χ1n) is 8.17. The monoisotopic (exact) mass is 384 g/mol. The van der Waals surface area contributed by atoms with E-state index in [0.29, 0.717) is 11.3 Å². The Morgan fingerprint density at radius 2 is 1.96 bits per heavy atom. The Kier molecular flexibility index (Phi) is 6.06. The lowest BCUT2D eigenvalue weighted by atomic mass is 10.2. The molecule has 0 atom stereocenters. The molecule has 0 saturated carbocycles. The van der Waals surface area contributed by atoms with Gasteiger partial charge in [-0.2, -0.15) is 0 Å². The van der Waals surface area contributed by atoms with Crippen LogP contribution in [-0.4, -0.2) is 17.3 Å². The third-order valence-electron chi connectivity index (χ3n) is 4.01. The van der Waals surface area contributed by atoms with Gasteiger partial charge < -0.3 is 9.84 Å². The maximum absolute atomic E-state index is 12.8. The molecule has 4 nitrogen and oxygen atoms in total. The van der Waals surface area contributed by atoms with E-state index in [0.717, 1.165) is 32.5 Å². The van der Waals surface area contributed by atoms with E-state index in [1.54, 1.807) is 23.5 Å². The summed E-state index contributed by atoms with van der Waals surface area (Å²) in [4.78, 5) is 14.8. The Morgan fingerprint density at radius 1 is 1.15 bits per heavy atom. The minimum Gasteiger partial charge on any atom is -0.361 e. The zero-order chi connectivity index (χ0) is 18.5. The molecule has 1 aromatic heterocycles. The fraction of sp³-hybridized carbons (Fsp3) is 0.200. The summed E-state index contributed by atoms with van der Waals surface area (Å²) in [7, 11) is 0. The van der Waals surface area contributed by atoms with Crippen LogP contribution in [0.3, 0.4) is 0 Å². The first kappa shape index (κ1) is 18.6. The fourth-order valence-corrected chi connectivity index (χ4v) is 4.20. The lowest BCUT2D eigenvalue weighted by Crippen LogP contribution is -2.13. The average molecular weight is 385 g/mol. The Morgan fingerprint density at radius 3 is 2.69 bits per heavy atom. The number of nitrogens with one attached hydrogen (secondary N) is 1. The number of nitrogens with zero attached hydrogens (tertiary/aromatic N) is 1. The molecule has 1 N–H and O–H groups in total. The molecule has 0 saturated heterocycles. The molecule has 0 fully saturated rings. The van der Waals surface area contributed by atoms with Gasteiger partial charge in [-0.15, -0.1) is 23.5 Å². The number of anilines is 1. The highest BCUT2D eigenvalue weighted by Crippen LogP contribution is 2.29. The maximum Gasteiger partial charge on any atom is 0.256 e. The number of aryl methyl sites for hydroxylation is 2. The normalized spacial score (nSPS) is 10.7. The Hall–Kier alpha value is -2.18. The van der Waals surface area contributed by atoms with Crippen molar-refractivity contribution in [2.75, 3.05) is 11.6 Å². The molecule has 134 valence electrons. The second kappa shape index (κ2) is 8.47. The number of thioether (sulfide) groups is 2. The smallest absolute Gasteiger partial charge is 0.256 e. The van der Waals surface area contributed by atoms with Gasteiger partial charge in [0.15, 0.2) is 0 Å². The van der Waals surface area contributed by atoms with Crippen molar-refractivity contribution in [3.8, 4) is 0 Å². The minimum absolute atomic E-state index is 0.106. The standard InChI is InChI=1S/C20H20N2O2S2/c1-13-18(14(2)24-22-13)12-26-19-10-5-4-9-17(19)20(23)21-15-7-6-8-16(11-15)25-3/h4-11H,12H2,1-3H3,(H,21,23). The van der Waals surface area contributed by atoms with Gasteiger partial charge in [0.2, 0.25) is 0 Å². The van der Waals surface area contributed by atoms with E-state index in [1.165, 1.54) is 0 Å². The molecular weight excluding hydrogens is 364 g/mol. The molecule has 3 aromatic rings. The quantitative estimate of drug-likeness (QED) is 0.564. The fourth-order valence-electron chi connectivity index (χ4n) is 2.54. The lowest BCUT2D eigenvalue weighted by molar-refractivity contribution is 0.102. The summed E-state index contributed by atoms with van der Waals surface area (Å²) in [6.07, 6.45) is 2.02. The predicted molar refractivity (Wildman–Crippen MR) is 108 cm³/mol. The molecule has 1 heterocycles. The molecule has 0 spiro atoms. The van der Waals surface area contributed by atoms with Crippen molar-refractivity contribution in [2.45, 2.75) is 29.4 Å². The van der Waals surface area contributed by atoms with Crippen LogP contribution in [0.5, 0.6) is 0 Å². The van der Waals surface area contributed by atoms with E-state index in [1.807, 2.05) is 68.6 Å². The first-order valence-corrected chi connectivity index (χ1v) is 10.4. The average Bonchev–Trinajstić information content (AvgIpc) is 2.98. The summed E-state index contributed by atoms with van der Waals surface area (Å²) in [5.74, 6) is 1.43. The molecule has 6 heteroatoms. The van der Waals surface area contributed by atoms with Crippen LogP contribution in [0.1, 0.15) is 27.4 Å². The van der Waals surface area contributed by atoms with Gasteiger partial charge >= 0.3 is 0 Å². The van der Waals surface area contributed by atoms with Gasteiger partial charge in [0.05, 0.1) is 11.3 Å². The second-order valence-electron chi connectivity index (χ2n) is 5.77. The Balaban J connectivity index is 1.76. The predicted octanol–water partition coefficient (Wildman–Crippen LogP) is 5.56. The van der Waals surface area contributed by atoms with E-state index >= 15 is 0 Å². The largest absolute Gasteiger partial charge is 0.361 e. The van der Waals surface area contributed by atoms with E-state index in [2.05, 4.69) is 10.5 Å².